The summed E-state index contributed by atoms with van der Waals surface area (Å²) in [4.78, 5) is 8.69. The smallest absolute Gasteiger partial charge is 0.145 e. The maximum atomic E-state index is 5.89. The van der Waals surface area contributed by atoms with Gasteiger partial charge in [0.25, 0.3) is 0 Å². The zero-order valence-electron chi connectivity index (χ0n) is 9.49. The van der Waals surface area contributed by atoms with Gasteiger partial charge in [-0.3, -0.25) is 4.57 Å². The fourth-order valence-electron chi connectivity index (χ4n) is 1.80. The summed E-state index contributed by atoms with van der Waals surface area (Å²) in [6, 6.07) is 13.4. The van der Waals surface area contributed by atoms with Gasteiger partial charge in [0, 0.05) is 29.2 Å². The van der Waals surface area contributed by atoms with E-state index in [9.17, 15) is 0 Å². The van der Waals surface area contributed by atoms with Crippen LogP contribution >= 0.6 is 11.6 Å². The van der Waals surface area contributed by atoms with E-state index in [4.69, 9.17) is 11.6 Å². The molecule has 0 bridgehead atoms. The molecule has 2 heterocycles. The average Bonchev–Trinajstić information content (AvgIpc) is 2.90. The molecule has 0 saturated carbocycles. The predicted molar refractivity (Wildman–Crippen MR) is 71.8 cm³/mol. The summed E-state index contributed by atoms with van der Waals surface area (Å²) in [5.41, 5.74) is 1.01. The minimum absolute atomic E-state index is 0.717. The lowest BCUT2D eigenvalue weighted by Gasteiger charge is -2.06. The van der Waals surface area contributed by atoms with Gasteiger partial charge in [0.05, 0.1) is 0 Å². The summed E-state index contributed by atoms with van der Waals surface area (Å²) in [6.07, 6.45) is 5.42. The monoisotopic (exact) mass is 255 g/mol. The van der Waals surface area contributed by atoms with Gasteiger partial charge in [-0.15, -0.1) is 0 Å². The van der Waals surface area contributed by atoms with Crippen LogP contribution in [-0.2, 0) is 0 Å². The van der Waals surface area contributed by atoms with Gasteiger partial charge in [-0.25, -0.2) is 9.97 Å². The Kier molecular flexibility index (Phi) is 2.82. The number of rotatable bonds is 2. The summed E-state index contributed by atoms with van der Waals surface area (Å²) >= 11 is 5.89. The third-order valence-corrected chi connectivity index (χ3v) is 2.89. The van der Waals surface area contributed by atoms with Crippen molar-refractivity contribution in [3.63, 3.8) is 0 Å². The maximum absolute atomic E-state index is 5.89. The van der Waals surface area contributed by atoms with Gasteiger partial charge >= 0.3 is 0 Å². The van der Waals surface area contributed by atoms with E-state index in [1.54, 1.807) is 12.4 Å². The van der Waals surface area contributed by atoms with Crippen molar-refractivity contribution in [1.82, 2.24) is 14.5 Å². The number of aromatic nitrogens is 3. The zero-order valence-corrected chi connectivity index (χ0v) is 10.2. The van der Waals surface area contributed by atoms with Crippen molar-refractivity contribution in [1.29, 1.82) is 0 Å². The molecule has 0 amide bonds. The molecule has 0 aliphatic carbocycles. The molecular weight excluding hydrogens is 246 g/mol. The van der Waals surface area contributed by atoms with Crippen LogP contribution in [0.2, 0.25) is 5.02 Å². The lowest BCUT2D eigenvalue weighted by atomic mass is 10.2. The summed E-state index contributed by atoms with van der Waals surface area (Å²) < 4.78 is 1.95. The molecule has 4 heteroatoms. The summed E-state index contributed by atoms with van der Waals surface area (Å²) in [5.74, 6) is 1.70. The van der Waals surface area contributed by atoms with Crippen LogP contribution in [0.4, 0.5) is 0 Å². The molecule has 0 fully saturated rings. The van der Waals surface area contributed by atoms with Crippen LogP contribution in [0.3, 0.4) is 0 Å². The van der Waals surface area contributed by atoms with Crippen LogP contribution in [0, 0.1) is 0 Å². The fourth-order valence-corrected chi connectivity index (χ4v) is 1.92. The maximum Gasteiger partial charge on any atom is 0.145 e. The molecular formula is C14H10ClN3. The highest BCUT2D eigenvalue weighted by Gasteiger charge is 2.07. The molecule has 0 N–H and O–H groups in total. The van der Waals surface area contributed by atoms with Crippen LogP contribution in [0.15, 0.2) is 61.1 Å². The summed E-state index contributed by atoms with van der Waals surface area (Å²) in [6.45, 7) is 0. The third kappa shape index (κ3) is 2.00. The lowest BCUT2D eigenvalue weighted by Crippen LogP contribution is -1.98. The molecule has 0 atom stereocenters. The Hall–Kier alpha value is -2.13. The number of nitrogens with zero attached hydrogens (tertiary/aromatic N) is 3. The fraction of sp³-hybridized carbons (Fsp3) is 0. The highest BCUT2D eigenvalue weighted by atomic mass is 35.5. The summed E-state index contributed by atoms with van der Waals surface area (Å²) in [5, 5.41) is 0.717. The molecule has 3 rings (SSSR count). The molecule has 0 unspecified atom stereocenters. The van der Waals surface area contributed by atoms with E-state index in [0.29, 0.717) is 0 Å². The Morgan fingerprint density at radius 1 is 0.889 bits per heavy atom. The molecule has 0 spiro atoms. The predicted octanol–water partition coefficient (Wildman–Crippen LogP) is 3.59. The van der Waals surface area contributed by atoms with Crippen LogP contribution in [0.5, 0.6) is 0 Å². The van der Waals surface area contributed by atoms with E-state index in [1.807, 2.05) is 53.2 Å². The van der Waals surface area contributed by atoms with Gasteiger partial charge < -0.3 is 0 Å². The number of pyridine rings is 1. The van der Waals surface area contributed by atoms with Crippen LogP contribution in [0.25, 0.3) is 17.2 Å². The first kappa shape index (κ1) is 11.0. The van der Waals surface area contributed by atoms with Crippen molar-refractivity contribution < 1.29 is 0 Å². The molecule has 0 aliphatic rings. The largest absolute Gasteiger partial charge is 0.284 e. The molecule has 0 radical (unpaired) electrons. The number of hydrogen-bond acceptors (Lipinski definition) is 2. The second kappa shape index (κ2) is 4.63. The molecule has 3 nitrogen and oxygen atoms in total. The van der Waals surface area contributed by atoms with Gasteiger partial charge in [0.2, 0.25) is 0 Å². The minimum atomic E-state index is 0.717. The zero-order chi connectivity index (χ0) is 12.4. The SMILES string of the molecule is Clc1ccc(-c2nccn2-c2ccccn2)cc1. The van der Waals surface area contributed by atoms with Gasteiger partial charge in [0.15, 0.2) is 0 Å². The first-order chi connectivity index (χ1) is 8.84. The second-order valence-corrected chi connectivity index (χ2v) is 4.25. The third-order valence-electron chi connectivity index (χ3n) is 2.64. The van der Waals surface area contributed by atoms with E-state index in [2.05, 4.69) is 9.97 Å². The first-order valence-electron chi connectivity index (χ1n) is 5.55. The van der Waals surface area contributed by atoms with E-state index in [-0.39, 0.29) is 0 Å². The quantitative estimate of drug-likeness (QED) is 0.701. The Labute approximate surface area is 110 Å². The molecule has 0 saturated heterocycles. The normalized spacial score (nSPS) is 10.5. The van der Waals surface area contributed by atoms with E-state index >= 15 is 0 Å². The van der Waals surface area contributed by atoms with Crippen molar-refractivity contribution >= 4 is 11.6 Å². The average molecular weight is 256 g/mol. The molecule has 3 aromatic rings. The number of halogens is 1. The van der Waals surface area contributed by atoms with E-state index in [1.165, 1.54) is 0 Å². The standard InChI is InChI=1S/C14H10ClN3/c15-12-6-4-11(5-7-12)14-17-9-10-18(14)13-3-1-2-8-16-13/h1-10H. The molecule has 0 aliphatic heterocycles. The van der Waals surface area contributed by atoms with Gasteiger partial charge in [-0.2, -0.15) is 0 Å². The minimum Gasteiger partial charge on any atom is -0.284 e. The first-order valence-corrected chi connectivity index (χ1v) is 5.93. The van der Waals surface area contributed by atoms with Gasteiger partial charge in [-0.05, 0) is 36.4 Å². The van der Waals surface area contributed by atoms with Crippen LogP contribution < -0.4 is 0 Å². The Morgan fingerprint density at radius 2 is 1.72 bits per heavy atom. The van der Waals surface area contributed by atoms with Crippen LogP contribution in [0.1, 0.15) is 0 Å². The number of imidazole rings is 1. The Morgan fingerprint density at radius 3 is 2.44 bits per heavy atom. The highest BCUT2D eigenvalue weighted by Crippen LogP contribution is 2.22. The van der Waals surface area contributed by atoms with Crippen molar-refractivity contribution in [2.75, 3.05) is 0 Å². The molecule has 2 aromatic heterocycles. The lowest BCUT2D eigenvalue weighted by molar-refractivity contribution is 1.00. The highest BCUT2D eigenvalue weighted by molar-refractivity contribution is 6.30. The van der Waals surface area contributed by atoms with Crippen molar-refractivity contribution in [3.8, 4) is 17.2 Å². The Bertz CT molecular complexity index is 644. The number of hydrogen-bond donors (Lipinski definition) is 0. The van der Waals surface area contributed by atoms with Gasteiger partial charge in [-0.1, -0.05) is 17.7 Å². The summed E-state index contributed by atoms with van der Waals surface area (Å²) in [7, 11) is 0. The number of benzene rings is 1. The molecule has 18 heavy (non-hydrogen) atoms. The van der Waals surface area contributed by atoms with Crippen molar-refractivity contribution in [3.05, 3.63) is 66.1 Å². The van der Waals surface area contributed by atoms with Crippen LogP contribution in [-0.4, -0.2) is 14.5 Å². The van der Waals surface area contributed by atoms with E-state index in [0.717, 1.165) is 22.2 Å². The topological polar surface area (TPSA) is 30.7 Å². The molecule has 88 valence electrons. The van der Waals surface area contributed by atoms with Crippen molar-refractivity contribution in [2.24, 2.45) is 0 Å². The molecule has 1 aromatic carbocycles. The Balaban J connectivity index is 2.10. The second-order valence-electron chi connectivity index (χ2n) is 3.82. The van der Waals surface area contributed by atoms with Crippen molar-refractivity contribution in [2.45, 2.75) is 0 Å². The van der Waals surface area contributed by atoms with Gasteiger partial charge in [0.1, 0.15) is 11.6 Å². The van der Waals surface area contributed by atoms with E-state index < -0.39 is 0 Å².